The molecule has 0 bridgehead atoms. The van der Waals surface area contributed by atoms with E-state index in [1.165, 1.54) is 10.8 Å². The highest BCUT2D eigenvalue weighted by atomic mass is 16.5. The van der Waals surface area contributed by atoms with Crippen LogP contribution in [0.1, 0.15) is 19.8 Å². The first-order valence-electron chi connectivity index (χ1n) is 9.44. The van der Waals surface area contributed by atoms with Crippen LogP contribution in [0.4, 0.5) is 0 Å². The van der Waals surface area contributed by atoms with Gasteiger partial charge in [-0.25, -0.2) is 0 Å². The number of fused-ring (bicyclic) bond motifs is 1. The molecule has 0 unspecified atom stereocenters. The van der Waals surface area contributed by atoms with Crippen molar-refractivity contribution in [2.24, 2.45) is 4.99 Å². The Bertz CT molecular complexity index is 759. The van der Waals surface area contributed by atoms with Crippen molar-refractivity contribution in [2.75, 3.05) is 40.3 Å². The fourth-order valence-electron chi connectivity index (χ4n) is 2.56. The van der Waals surface area contributed by atoms with Gasteiger partial charge >= 0.3 is 0 Å². The van der Waals surface area contributed by atoms with Crippen LogP contribution in [0.2, 0.25) is 0 Å². The predicted molar refractivity (Wildman–Crippen MR) is 111 cm³/mol. The fraction of sp³-hybridized carbons (Fsp3) is 0.429. The third-order valence-corrected chi connectivity index (χ3v) is 4.04. The number of rotatable bonds is 9. The number of amides is 1. The number of carbonyl (C=O) groups excluding carboxylic acids is 1. The summed E-state index contributed by atoms with van der Waals surface area (Å²) in [7, 11) is 3.52. The van der Waals surface area contributed by atoms with Gasteiger partial charge in [0, 0.05) is 46.6 Å². The third kappa shape index (κ3) is 7.17. The Kier molecular flexibility index (Phi) is 8.42. The lowest BCUT2D eigenvalue weighted by molar-refractivity contribution is -0.128. The van der Waals surface area contributed by atoms with Crippen molar-refractivity contribution in [3.8, 4) is 5.75 Å². The number of hydrogen-bond donors (Lipinski definition) is 2. The van der Waals surface area contributed by atoms with E-state index in [0.29, 0.717) is 26.1 Å². The second kappa shape index (κ2) is 11.1. The molecule has 1 amide bonds. The van der Waals surface area contributed by atoms with Crippen LogP contribution in [0.25, 0.3) is 10.8 Å². The van der Waals surface area contributed by atoms with Crippen LogP contribution in [-0.2, 0) is 4.79 Å². The van der Waals surface area contributed by atoms with E-state index in [9.17, 15) is 4.79 Å². The summed E-state index contributed by atoms with van der Waals surface area (Å²) in [6.07, 6.45) is 1.27. The molecule has 146 valence electrons. The molecule has 0 fully saturated rings. The van der Waals surface area contributed by atoms with Gasteiger partial charge in [0.05, 0.1) is 6.61 Å². The molecule has 0 saturated heterocycles. The number of hydrogen-bond acceptors (Lipinski definition) is 3. The molecule has 0 heterocycles. The maximum Gasteiger partial charge on any atom is 0.223 e. The monoisotopic (exact) mass is 370 g/mol. The zero-order valence-electron chi connectivity index (χ0n) is 16.5. The first-order chi connectivity index (χ1) is 13.1. The molecular formula is C21H30N4O2. The number of nitrogens with one attached hydrogen (secondary N) is 2. The van der Waals surface area contributed by atoms with Crippen molar-refractivity contribution in [2.45, 2.75) is 19.8 Å². The van der Waals surface area contributed by atoms with Gasteiger partial charge in [-0.1, -0.05) is 30.3 Å². The molecule has 2 N–H and O–H groups in total. The zero-order valence-corrected chi connectivity index (χ0v) is 16.5. The highest BCUT2D eigenvalue weighted by molar-refractivity contribution is 5.83. The Labute approximate surface area is 161 Å². The third-order valence-electron chi connectivity index (χ3n) is 4.04. The highest BCUT2D eigenvalue weighted by Crippen LogP contribution is 2.20. The van der Waals surface area contributed by atoms with Crippen molar-refractivity contribution in [3.05, 3.63) is 42.5 Å². The Morgan fingerprint density at radius 3 is 2.63 bits per heavy atom. The number of nitrogens with zero attached hydrogens (tertiary/aromatic N) is 2. The van der Waals surface area contributed by atoms with Gasteiger partial charge < -0.3 is 20.3 Å². The van der Waals surface area contributed by atoms with Crippen LogP contribution in [0.15, 0.2) is 47.5 Å². The van der Waals surface area contributed by atoms with Gasteiger partial charge in [0.2, 0.25) is 5.91 Å². The summed E-state index contributed by atoms with van der Waals surface area (Å²) in [6.45, 7) is 4.63. The minimum Gasteiger partial charge on any atom is -0.494 e. The Morgan fingerprint density at radius 1 is 1.11 bits per heavy atom. The first kappa shape index (κ1) is 20.6. The summed E-state index contributed by atoms with van der Waals surface area (Å²) < 4.78 is 5.83. The van der Waals surface area contributed by atoms with Gasteiger partial charge in [0.25, 0.3) is 0 Å². The minimum atomic E-state index is 0.0992. The van der Waals surface area contributed by atoms with E-state index in [1.54, 1.807) is 19.0 Å². The van der Waals surface area contributed by atoms with E-state index >= 15 is 0 Å². The molecule has 6 nitrogen and oxygen atoms in total. The van der Waals surface area contributed by atoms with Crippen LogP contribution in [0.5, 0.6) is 5.75 Å². The normalized spacial score (nSPS) is 11.3. The average molecular weight is 370 g/mol. The van der Waals surface area contributed by atoms with E-state index in [1.807, 2.05) is 25.1 Å². The number of carbonyl (C=O) groups is 1. The number of guanidine groups is 1. The van der Waals surface area contributed by atoms with Crippen LogP contribution >= 0.6 is 0 Å². The lowest BCUT2D eigenvalue weighted by atomic mass is 10.1. The Morgan fingerprint density at radius 2 is 1.89 bits per heavy atom. The molecule has 0 saturated carbocycles. The molecule has 6 heteroatoms. The highest BCUT2D eigenvalue weighted by Gasteiger charge is 2.04. The first-order valence-corrected chi connectivity index (χ1v) is 9.44. The molecule has 0 radical (unpaired) electrons. The van der Waals surface area contributed by atoms with Crippen LogP contribution in [-0.4, -0.2) is 57.1 Å². The van der Waals surface area contributed by atoms with Gasteiger partial charge in [-0.2, -0.15) is 0 Å². The molecule has 0 atom stereocenters. The molecule has 2 rings (SSSR count). The van der Waals surface area contributed by atoms with Crippen LogP contribution in [0, 0.1) is 0 Å². The summed E-state index contributed by atoms with van der Waals surface area (Å²) in [5.41, 5.74) is 0. The van der Waals surface area contributed by atoms with Crippen LogP contribution in [0.3, 0.4) is 0 Å². The Hall–Kier alpha value is -2.76. The van der Waals surface area contributed by atoms with Crippen molar-refractivity contribution >= 4 is 22.6 Å². The van der Waals surface area contributed by atoms with Crippen LogP contribution < -0.4 is 15.4 Å². The summed E-state index contributed by atoms with van der Waals surface area (Å²) in [4.78, 5) is 17.7. The van der Waals surface area contributed by atoms with E-state index in [0.717, 1.165) is 24.7 Å². The molecule has 27 heavy (non-hydrogen) atoms. The molecule has 0 aliphatic heterocycles. The summed E-state index contributed by atoms with van der Waals surface area (Å²) in [5, 5.41) is 8.76. The van der Waals surface area contributed by atoms with E-state index in [-0.39, 0.29) is 5.91 Å². The van der Waals surface area contributed by atoms with Gasteiger partial charge in [-0.05, 0) is 29.8 Å². The number of aliphatic imine (C=N–C) groups is 1. The molecule has 2 aromatic rings. The SMILES string of the molecule is CCNC(=NCCCOc1ccc2ccccc2c1)NCCC(=O)N(C)C. The lowest BCUT2D eigenvalue weighted by Gasteiger charge is -2.13. The van der Waals surface area contributed by atoms with Gasteiger partial charge in [0.15, 0.2) is 5.96 Å². The van der Waals surface area contributed by atoms with Gasteiger partial charge in [-0.15, -0.1) is 0 Å². The quantitative estimate of drug-likeness (QED) is 0.405. The molecule has 0 aliphatic rings. The molecule has 0 spiro atoms. The summed E-state index contributed by atoms with van der Waals surface area (Å²) in [5.74, 6) is 1.71. The number of ether oxygens (including phenoxy) is 1. The zero-order chi connectivity index (χ0) is 19.5. The molecular weight excluding hydrogens is 340 g/mol. The maximum absolute atomic E-state index is 11.6. The second-order valence-corrected chi connectivity index (χ2v) is 6.44. The van der Waals surface area contributed by atoms with E-state index < -0.39 is 0 Å². The molecule has 0 aliphatic carbocycles. The second-order valence-electron chi connectivity index (χ2n) is 6.44. The topological polar surface area (TPSA) is 66.0 Å². The molecule has 0 aromatic heterocycles. The lowest BCUT2D eigenvalue weighted by Crippen LogP contribution is -2.39. The fourth-order valence-corrected chi connectivity index (χ4v) is 2.56. The van der Waals surface area contributed by atoms with E-state index in [2.05, 4.69) is 39.9 Å². The number of benzene rings is 2. The van der Waals surface area contributed by atoms with Crippen molar-refractivity contribution in [3.63, 3.8) is 0 Å². The Balaban J connectivity index is 1.73. The molecule has 2 aromatic carbocycles. The van der Waals surface area contributed by atoms with Crippen molar-refractivity contribution in [1.29, 1.82) is 0 Å². The smallest absolute Gasteiger partial charge is 0.223 e. The van der Waals surface area contributed by atoms with Crippen molar-refractivity contribution < 1.29 is 9.53 Å². The van der Waals surface area contributed by atoms with E-state index in [4.69, 9.17) is 4.74 Å². The van der Waals surface area contributed by atoms with Gasteiger partial charge in [-0.3, -0.25) is 9.79 Å². The predicted octanol–water partition coefficient (Wildman–Crippen LogP) is 2.64. The summed E-state index contributed by atoms with van der Waals surface area (Å²) in [6, 6.07) is 14.4. The van der Waals surface area contributed by atoms with Gasteiger partial charge in [0.1, 0.15) is 5.75 Å². The standard InChI is InChI=1S/C21H30N4O2/c1-4-22-21(24-14-12-20(26)25(2)3)23-13-7-15-27-19-11-10-17-8-5-6-9-18(17)16-19/h5-6,8-11,16H,4,7,12-15H2,1-3H3,(H2,22,23,24). The largest absolute Gasteiger partial charge is 0.494 e. The maximum atomic E-state index is 11.6. The van der Waals surface area contributed by atoms with Crippen molar-refractivity contribution in [1.82, 2.24) is 15.5 Å². The summed E-state index contributed by atoms with van der Waals surface area (Å²) >= 11 is 0. The average Bonchev–Trinajstić information content (AvgIpc) is 2.67. The minimum absolute atomic E-state index is 0.0992.